The largest absolute Gasteiger partial charge is 0.251 e. The summed E-state index contributed by atoms with van der Waals surface area (Å²) in [5.74, 6) is -0.0137. The van der Waals surface area contributed by atoms with Gasteiger partial charge >= 0.3 is 0 Å². The average Bonchev–Trinajstić information content (AvgIpc) is 2.86. The van der Waals surface area contributed by atoms with Crippen LogP contribution in [0.15, 0.2) is 30.5 Å². The van der Waals surface area contributed by atoms with Gasteiger partial charge in [-0.2, -0.15) is 0 Å². The first kappa shape index (κ1) is 13.7. The van der Waals surface area contributed by atoms with Crippen molar-refractivity contribution in [1.29, 1.82) is 0 Å². The highest BCUT2D eigenvalue weighted by Crippen LogP contribution is 2.16. The summed E-state index contributed by atoms with van der Waals surface area (Å²) in [6, 6.07) is 7.93. The smallest absolute Gasteiger partial charge is 0.213 e. The summed E-state index contributed by atoms with van der Waals surface area (Å²) in [4.78, 5) is 0. The zero-order valence-corrected chi connectivity index (χ0v) is 11.7. The van der Waals surface area contributed by atoms with E-state index in [4.69, 9.17) is 0 Å². The molecule has 0 fully saturated rings. The first-order valence-corrected chi connectivity index (χ1v) is 7.54. The molecule has 1 heterocycles. The summed E-state index contributed by atoms with van der Waals surface area (Å²) < 4.78 is 26.4. The third-order valence-electron chi connectivity index (χ3n) is 2.79. The molecular formula is C12H16N4O2S. The number of hydrogen-bond donors (Lipinski definition) is 1. The molecule has 0 atom stereocenters. The van der Waals surface area contributed by atoms with Gasteiger partial charge in [-0.15, -0.1) is 5.10 Å². The predicted octanol–water partition coefficient (Wildman–Crippen LogP) is 0.803. The Morgan fingerprint density at radius 1 is 1.26 bits per heavy atom. The van der Waals surface area contributed by atoms with Gasteiger partial charge in [-0.05, 0) is 14.0 Å². The molecule has 6 nitrogen and oxygen atoms in total. The Bertz CT molecular complexity index is 647. The maximum Gasteiger partial charge on any atom is 0.213 e. The second-order valence-corrected chi connectivity index (χ2v) is 6.30. The van der Waals surface area contributed by atoms with Crippen LogP contribution in [0.25, 0.3) is 11.3 Å². The van der Waals surface area contributed by atoms with E-state index in [0.29, 0.717) is 0 Å². The number of aryl methyl sites for hydroxylation is 2. The Labute approximate surface area is 112 Å². The number of hydrogen-bond acceptors (Lipinski definition) is 4. The van der Waals surface area contributed by atoms with Gasteiger partial charge < -0.3 is 0 Å². The Morgan fingerprint density at radius 3 is 2.58 bits per heavy atom. The van der Waals surface area contributed by atoms with Crippen molar-refractivity contribution in [2.45, 2.75) is 13.5 Å². The standard InChI is InChI=1S/C12H16N4O2S/c1-10-3-5-11(6-4-10)12-9-16(15-14-12)7-8-19(17,18)13-2/h3-6,9,13H,7-8H2,1-2H3. The average molecular weight is 280 g/mol. The van der Waals surface area contributed by atoms with Crippen LogP contribution >= 0.6 is 0 Å². The maximum atomic E-state index is 11.3. The van der Waals surface area contributed by atoms with E-state index in [1.165, 1.54) is 17.3 Å². The fourth-order valence-corrected chi connectivity index (χ4v) is 2.21. The molecule has 0 unspecified atom stereocenters. The summed E-state index contributed by atoms with van der Waals surface area (Å²) in [6.45, 7) is 2.30. The monoisotopic (exact) mass is 280 g/mol. The fourth-order valence-electron chi connectivity index (χ4n) is 1.58. The van der Waals surface area contributed by atoms with E-state index in [-0.39, 0.29) is 12.3 Å². The van der Waals surface area contributed by atoms with Crippen molar-refractivity contribution in [3.05, 3.63) is 36.0 Å². The SMILES string of the molecule is CNS(=O)(=O)CCn1cc(-c2ccc(C)cc2)nn1. The summed E-state index contributed by atoms with van der Waals surface area (Å²) in [6.07, 6.45) is 1.75. The number of benzene rings is 1. The van der Waals surface area contributed by atoms with Crippen LogP contribution in [0.3, 0.4) is 0 Å². The lowest BCUT2D eigenvalue weighted by Crippen LogP contribution is -2.24. The molecule has 0 spiro atoms. The fraction of sp³-hybridized carbons (Fsp3) is 0.333. The van der Waals surface area contributed by atoms with E-state index in [1.54, 1.807) is 6.20 Å². The molecule has 0 aliphatic rings. The molecule has 2 rings (SSSR count). The van der Waals surface area contributed by atoms with Crippen molar-refractivity contribution in [3.8, 4) is 11.3 Å². The number of nitrogens with zero attached hydrogens (tertiary/aromatic N) is 3. The lowest BCUT2D eigenvalue weighted by Gasteiger charge is -2.01. The summed E-state index contributed by atoms with van der Waals surface area (Å²) >= 11 is 0. The highest BCUT2D eigenvalue weighted by Gasteiger charge is 2.09. The lowest BCUT2D eigenvalue weighted by atomic mass is 10.1. The van der Waals surface area contributed by atoms with Crippen molar-refractivity contribution in [2.24, 2.45) is 0 Å². The highest BCUT2D eigenvalue weighted by atomic mass is 32.2. The minimum Gasteiger partial charge on any atom is -0.251 e. The predicted molar refractivity (Wildman–Crippen MR) is 73.0 cm³/mol. The van der Waals surface area contributed by atoms with Gasteiger partial charge in [-0.3, -0.25) is 4.68 Å². The zero-order chi connectivity index (χ0) is 13.9. The van der Waals surface area contributed by atoms with E-state index in [1.807, 2.05) is 31.2 Å². The number of rotatable bonds is 5. The summed E-state index contributed by atoms with van der Waals surface area (Å²) in [7, 11) is -1.82. The van der Waals surface area contributed by atoms with Crippen molar-refractivity contribution in [3.63, 3.8) is 0 Å². The minimum absolute atomic E-state index is 0.0137. The first-order valence-electron chi connectivity index (χ1n) is 5.88. The van der Waals surface area contributed by atoms with Crippen molar-refractivity contribution in [1.82, 2.24) is 19.7 Å². The van der Waals surface area contributed by atoms with Gasteiger partial charge in [0.2, 0.25) is 10.0 Å². The van der Waals surface area contributed by atoms with Gasteiger partial charge in [-0.1, -0.05) is 35.0 Å². The quantitative estimate of drug-likeness (QED) is 0.879. The lowest BCUT2D eigenvalue weighted by molar-refractivity contribution is 0.568. The third-order valence-corrected chi connectivity index (χ3v) is 4.13. The molecule has 19 heavy (non-hydrogen) atoms. The number of aromatic nitrogens is 3. The molecule has 0 aliphatic carbocycles. The molecule has 0 radical (unpaired) electrons. The molecule has 0 aliphatic heterocycles. The molecule has 2 aromatic rings. The van der Waals surface area contributed by atoms with Crippen LogP contribution in [-0.2, 0) is 16.6 Å². The molecule has 7 heteroatoms. The van der Waals surface area contributed by atoms with Gasteiger partial charge in [0.1, 0.15) is 5.69 Å². The Hall–Kier alpha value is -1.73. The second-order valence-electron chi connectivity index (χ2n) is 4.26. The van der Waals surface area contributed by atoms with E-state index in [0.717, 1.165) is 11.3 Å². The van der Waals surface area contributed by atoms with Crippen LogP contribution in [0.2, 0.25) is 0 Å². The molecule has 1 aromatic carbocycles. The Kier molecular flexibility index (Phi) is 3.96. The second kappa shape index (κ2) is 5.50. The normalized spacial score (nSPS) is 11.7. The molecule has 1 N–H and O–H groups in total. The van der Waals surface area contributed by atoms with Crippen LogP contribution in [-0.4, -0.2) is 36.2 Å². The van der Waals surface area contributed by atoms with Crippen molar-refractivity contribution in [2.75, 3.05) is 12.8 Å². The Morgan fingerprint density at radius 2 is 1.95 bits per heavy atom. The van der Waals surface area contributed by atoms with Crippen LogP contribution in [0.4, 0.5) is 0 Å². The van der Waals surface area contributed by atoms with E-state index < -0.39 is 10.0 Å². The summed E-state index contributed by atoms with van der Waals surface area (Å²) in [5.41, 5.74) is 2.88. The Balaban J connectivity index is 2.09. The topological polar surface area (TPSA) is 76.9 Å². The minimum atomic E-state index is -3.22. The molecule has 0 amide bonds. The van der Waals surface area contributed by atoms with Gasteiger partial charge in [0.25, 0.3) is 0 Å². The van der Waals surface area contributed by atoms with E-state index >= 15 is 0 Å². The van der Waals surface area contributed by atoms with E-state index in [9.17, 15) is 8.42 Å². The molecule has 1 aromatic heterocycles. The molecular weight excluding hydrogens is 264 g/mol. The molecule has 0 saturated carbocycles. The molecule has 0 bridgehead atoms. The number of nitrogens with one attached hydrogen (secondary N) is 1. The van der Waals surface area contributed by atoms with Gasteiger partial charge in [0.15, 0.2) is 0 Å². The number of sulfonamides is 1. The van der Waals surface area contributed by atoms with Gasteiger partial charge in [0, 0.05) is 5.56 Å². The van der Waals surface area contributed by atoms with E-state index in [2.05, 4.69) is 15.0 Å². The first-order chi connectivity index (χ1) is 9.00. The zero-order valence-electron chi connectivity index (χ0n) is 10.9. The van der Waals surface area contributed by atoms with Crippen LogP contribution in [0, 0.1) is 6.92 Å². The van der Waals surface area contributed by atoms with Crippen molar-refractivity contribution >= 4 is 10.0 Å². The summed E-state index contributed by atoms with van der Waals surface area (Å²) in [5, 5.41) is 7.97. The molecule has 0 saturated heterocycles. The van der Waals surface area contributed by atoms with Gasteiger partial charge in [0.05, 0.1) is 18.5 Å². The van der Waals surface area contributed by atoms with Gasteiger partial charge in [-0.25, -0.2) is 13.1 Å². The molecule has 102 valence electrons. The highest BCUT2D eigenvalue weighted by molar-refractivity contribution is 7.89. The van der Waals surface area contributed by atoms with Crippen LogP contribution in [0.5, 0.6) is 0 Å². The van der Waals surface area contributed by atoms with Crippen LogP contribution in [0.1, 0.15) is 5.56 Å². The van der Waals surface area contributed by atoms with Crippen LogP contribution < -0.4 is 4.72 Å². The van der Waals surface area contributed by atoms with Crippen molar-refractivity contribution < 1.29 is 8.42 Å². The third kappa shape index (κ3) is 3.62. The maximum absolute atomic E-state index is 11.3.